The van der Waals surface area contributed by atoms with E-state index < -0.39 is 0 Å². The van der Waals surface area contributed by atoms with Gasteiger partial charge in [-0.1, -0.05) is 0 Å². The standard InChI is InChI=1S/C11H20N2O2/c1-13-6-2-3-9(7-13)8-15-11(14)12-10-4-5-10/h9-10H,2-8H2,1H3,(H,12,14). The first kappa shape index (κ1) is 10.7. The highest BCUT2D eigenvalue weighted by atomic mass is 16.5. The summed E-state index contributed by atoms with van der Waals surface area (Å²) in [5, 5.41) is 2.83. The number of likely N-dealkylation sites (tertiary alicyclic amines) is 1. The highest BCUT2D eigenvalue weighted by Crippen LogP contribution is 2.19. The lowest BCUT2D eigenvalue weighted by molar-refractivity contribution is 0.0976. The van der Waals surface area contributed by atoms with Gasteiger partial charge in [0.05, 0.1) is 6.61 Å². The van der Waals surface area contributed by atoms with E-state index in [0.717, 1.165) is 19.4 Å². The van der Waals surface area contributed by atoms with E-state index in [0.29, 0.717) is 18.6 Å². The number of nitrogens with zero attached hydrogens (tertiary/aromatic N) is 1. The van der Waals surface area contributed by atoms with Crippen molar-refractivity contribution in [3.63, 3.8) is 0 Å². The Kier molecular flexibility index (Phi) is 3.46. The summed E-state index contributed by atoms with van der Waals surface area (Å²) in [6.07, 6.45) is 4.39. The molecule has 1 aliphatic carbocycles. The minimum atomic E-state index is -0.231. The summed E-state index contributed by atoms with van der Waals surface area (Å²) < 4.78 is 5.20. The maximum absolute atomic E-state index is 11.3. The van der Waals surface area contributed by atoms with Crippen LogP contribution >= 0.6 is 0 Å². The van der Waals surface area contributed by atoms with Crippen LogP contribution < -0.4 is 5.32 Å². The third kappa shape index (κ3) is 3.70. The van der Waals surface area contributed by atoms with E-state index in [1.165, 1.54) is 19.4 Å². The molecule has 0 aromatic carbocycles. The smallest absolute Gasteiger partial charge is 0.407 e. The molecule has 1 saturated heterocycles. The zero-order valence-electron chi connectivity index (χ0n) is 9.37. The van der Waals surface area contributed by atoms with Crippen LogP contribution in [0.1, 0.15) is 25.7 Å². The van der Waals surface area contributed by atoms with E-state index in [1.807, 2.05) is 0 Å². The second-order valence-electron chi connectivity index (χ2n) is 4.79. The number of amides is 1. The average molecular weight is 212 g/mol. The Balaban J connectivity index is 1.61. The Labute approximate surface area is 91.0 Å². The molecule has 1 aliphatic heterocycles. The number of carbonyl (C=O) groups is 1. The molecule has 1 heterocycles. The number of alkyl carbamates (subject to hydrolysis) is 1. The first-order valence-electron chi connectivity index (χ1n) is 5.86. The monoisotopic (exact) mass is 212 g/mol. The summed E-state index contributed by atoms with van der Waals surface area (Å²) in [5.74, 6) is 0.522. The number of nitrogens with one attached hydrogen (secondary N) is 1. The fourth-order valence-corrected chi connectivity index (χ4v) is 2.04. The molecule has 0 spiro atoms. The molecule has 1 saturated carbocycles. The SMILES string of the molecule is CN1CCCC(COC(=O)NC2CC2)C1. The van der Waals surface area contributed by atoms with E-state index in [4.69, 9.17) is 4.74 Å². The molecule has 1 atom stereocenters. The first-order chi connectivity index (χ1) is 7.24. The van der Waals surface area contributed by atoms with Gasteiger partial charge in [0, 0.05) is 18.5 Å². The van der Waals surface area contributed by atoms with Gasteiger partial charge in [-0.25, -0.2) is 4.79 Å². The van der Waals surface area contributed by atoms with Crippen molar-refractivity contribution in [2.24, 2.45) is 5.92 Å². The molecule has 0 aromatic heterocycles. The average Bonchev–Trinajstić information content (AvgIpc) is 2.99. The molecule has 1 amide bonds. The number of ether oxygens (including phenoxy) is 1. The van der Waals surface area contributed by atoms with E-state index in [1.54, 1.807) is 0 Å². The number of piperidine rings is 1. The van der Waals surface area contributed by atoms with Gasteiger partial charge in [-0.3, -0.25) is 0 Å². The molecule has 2 aliphatic rings. The molecular formula is C11H20N2O2. The molecule has 4 heteroatoms. The van der Waals surface area contributed by atoms with Gasteiger partial charge in [-0.2, -0.15) is 0 Å². The van der Waals surface area contributed by atoms with Gasteiger partial charge in [0.15, 0.2) is 0 Å². The fraction of sp³-hybridized carbons (Fsp3) is 0.909. The molecular weight excluding hydrogens is 192 g/mol. The molecule has 0 aromatic rings. The Morgan fingerprint density at radius 1 is 1.47 bits per heavy atom. The van der Waals surface area contributed by atoms with Crippen molar-refractivity contribution in [1.29, 1.82) is 0 Å². The molecule has 4 nitrogen and oxygen atoms in total. The minimum absolute atomic E-state index is 0.231. The second-order valence-corrected chi connectivity index (χ2v) is 4.79. The van der Waals surface area contributed by atoms with Crippen LogP contribution in [0.25, 0.3) is 0 Å². The molecule has 86 valence electrons. The van der Waals surface area contributed by atoms with Gasteiger partial charge >= 0.3 is 6.09 Å². The molecule has 1 unspecified atom stereocenters. The normalized spacial score (nSPS) is 27.4. The summed E-state index contributed by atoms with van der Waals surface area (Å²) in [7, 11) is 2.12. The molecule has 15 heavy (non-hydrogen) atoms. The van der Waals surface area contributed by atoms with Crippen molar-refractivity contribution >= 4 is 6.09 Å². The summed E-state index contributed by atoms with van der Waals surface area (Å²) >= 11 is 0. The number of carbonyl (C=O) groups excluding carboxylic acids is 1. The fourth-order valence-electron chi connectivity index (χ4n) is 2.04. The lowest BCUT2D eigenvalue weighted by Gasteiger charge is -2.29. The van der Waals surface area contributed by atoms with Crippen LogP contribution in [-0.2, 0) is 4.74 Å². The van der Waals surface area contributed by atoms with Gasteiger partial charge in [-0.05, 0) is 39.3 Å². The van der Waals surface area contributed by atoms with E-state index in [-0.39, 0.29) is 6.09 Å². The zero-order chi connectivity index (χ0) is 10.7. The van der Waals surface area contributed by atoms with Crippen molar-refractivity contribution in [1.82, 2.24) is 10.2 Å². The third-order valence-electron chi connectivity index (χ3n) is 3.07. The van der Waals surface area contributed by atoms with Crippen LogP contribution in [0.15, 0.2) is 0 Å². The predicted octanol–water partition coefficient (Wildman–Crippen LogP) is 1.22. The highest BCUT2D eigenvalue weighted by Gasteiger charge is 2.25. The maximum atomic E-state index is 11.3. The quantitative estimate of drug-likeness (QED) is 0.764. The van der Waals surface area contributed by atoms with Gasteiger partial charge in [0.2, 0.25) is 0 Å². The Morgan fingerprint density at radius 2 is 2.27 bits per heavy atom. The van der Waals surface area contributed by atoms with Crippen LogP contribution in [-0.4, -0.2) is 43.8 Å². The van der Waals surface area contributed by atoms with Crippen molar-refractivity contribution in [3.8, 4) is 0 Å². The van der Waals surface area contributed by atoms with Crippen LogP contribution in [0.5, 0.6) is 0 Å². The highest BCUT2D eigenvalue weighted by molar-refractivity contribution is 5.67. The Bertz CT molecular complexity index is 229. The van der Waals surface area contributed by atoms with Gasteiger partial charge in [0.1, 0.15) is 0 Å². The minimum Gasteiger partial charge on any atom is -0.449 e. The lowest BCUT2D eigenvalue weighted by atomic mass is 10.00. The van der Waals surface area contributed by atoms with E-state index in [9.17, 15) is 4.79 Å². The van der Waals surface area contributed by atoms with Gasteiger partial charge in [0.25, 0.3) is 0 Å². The number of rotatable bonds is 3. The van der Waals surface area contributed by atoms with E-state index >= 15 is 0 Å². The number of hydrogen-bond donors (Lipinski definition) is 1. The molecule has 1 N–H and O–H groups in total. The van der Waals surface area contributed by atoms with Crippen molar-refractivity contribution in [2.45, 2.75) is 31.7 Å². The third-order valence-corrected chi connectivity index (χ3v) is 3.07. The zero-order valence-corrected chi connectivity index (χ0v) is 9.37. The summed E-state index contributed by atoms with van der Waals surface area (Å²) in [5.41, 5.74) is 0. The van der Waals surface area contributed by atoms with Crippen LogP contribution in [0.4, 0.5) is 4.79 Å². The largest absolute Gasteiger partial charge is 0.449 e. The number of hydrogen-bond acceptors (Lipinski definition) is 3. The van der Waals surface area contributed by atoms with Crippen molar-refractivity contribution in [3.05, 3.63) is 0 Å². The lowest BCUT2D eigenvalue weighted by Crippen LogP contribution is -2.36. The summed E-state index contributed by atoms with van der Waals surface area (Å²) in [6.45, 7) is 2.80. The van der Waals surface area contributed by atoms with Gasteiger partial charge < -0.3 is 15.0 Å². The summed E-state index contributed by atoms with van der Waals surface area (Å²) in [4.78, 5) is 13.6. The van der Waals surface area contributed by atoms with Crippen LogP contribution in [0.2, 0.25) is 0 Å². The van der Waals surface area contributed by atoms with Crippen LogP contribution in [0.3, 0.4) is 0 Å². The second kappa shape index (κ2) is 4.84. The topological polar surface area (TPSA) is 41.6 Å². The Morgan fingerprint density at radius 3 is 2.93 bits per heavy atom. The predicted molar refractivity (Wildman–Crippen MR) is 57.7 cm³/mol. The summed E-state index contributed by atoms with van der Waals surface area (Å²) in [6, 6.07) is 0.395. The van der Waals surface area contributed by atoms with E-state index in [2.05, 4.69) is 17.3 Å². The maximum Gasteiger partial charge on any atom is 0.407 e. The first-order valence-corrected chi connectivity index (χ1v) is 5.86. The van der Waals surface area contributed by atoms with Crippen molar-refractivity contribution < 1.29 is 9.53 Å². The Hall–Kier alpha value is -0.770. The van der Waals surface area contributed by atoms with Crippen LogP contribution in [0, 0.1) is 5.92 Å². The van der Waals surface area contributed by atoms with Gasteiger partial charge in [-0.15, -0.1) is 0 Å². The van der Waals surface area contributed by atoms with Crippen molar-refractivity contribution in [2.75, 3.05) is 26.7 Å². The molecule has 2 fully saturated rings. The molecule has 0 bridgehead atoms. The molecule has 2 rings (SSSR count). The molecule has 0 radical (unpaired) electrons.